The second-order valence-corrected chi connectivity index (χ2v) is 8.45. The summed E-state index contributed by atoms with van der Waals surface area (Å²) in [5, 5.41) is 0. The van der Waals surface area contributed by atoms with Gasteiger partial charge in [0.1, 0.15) is 17.6 Å². The number of hydrogen-bond donors (Lipinski definition) is 0. The molecule has 1 atom stereocenters. The molecule has 3 rings (SSSR count). The van der Waals surface area contributed by atoms with Crippen LogP contribution in [0.1, 0.15) is 57.7 Å². The van der Waals surface area contributed by atoms with Gasteiger partial charge in [-0.25, -0.2) is 14.2 Å². The van der Waals surface area contributed by atoms with E-state index in [0.29, 0.717) is 39.0 Å². The summed E-state index contributed by atoms with van der Waals surface area (Å²) in [7, 11) is 0. The quantitative estimate of drug-likeness (QED) is 0.759. The van der Waals surface area contributed by atoms with E-state index in [9.17, 15) is 9.18 Å². The van der Waals surface area contributed by atoms with Crippen LogP contribution in [0.15, 0.2) is 12.1 Å². The molecule has 1 aromatic rings. The van der Waals surface area contributed by atoms with Crippen molar-refractivity contribution in [2.24, 2.45) is 0 Å². The first-order valence-corrected chi connectivity index (χ1v) is 9.59. The molecule has 2 aliphatic heterocycles. The zero-order chi connectivity index (χ0) is 18.9. The largest absolute Gasteiger partial charge is 0.444 e. The number of carbonyl (C=O) groups is 1. The van der Waals surface area contributed by atoms with E-state index in [-0.39, 0.29) is 12.0 Å². The zero-order valence-electron chi connectivity index (χ0n) is 16.3. The number of rotatable bonds is 1. The summed E-state index contributed by atoms with van der Waals surface area (Å²) in [6.45, 7) is 10.4. The van der Waals surface area contributed by atoms with Crippen molar-refractivity contribution in [1.82, 2.24) is 9.88 Å². The van der Waals surface area contributed by atoms with Gasteiger partial charge in [0.2, 0.25) is 0 Å². The van der Waals surface area contributed by atoms with Crippen molar-refractivity contribution < 1.29 is 13.9 Å². The normalized spacial score (nSPS) is 22.0. The fourth-order valence-corrected chi connectivity index (χ4v) is 3.64. The molecule has 1 fully saturated rings. The third kappa shape index (κ3) is 4.46. The maximum Gasteiger partial charge on any atom is 0.410 e. The van der Waals surface area contributed by atoms with Crippen molar-refractivity contribution in [3.05, 3.63) is 23.4 Å². The molecule has 2 aliphatic rings. The van der Waals surface area contributed by atoms with Gasteiger partial charge in [0.25, 0.3) is 0 Å². The average molecular weight is 363 g/mol. The first-order valence-electron chi connectivity index (χ1n) is 9.59. The predicted octanol–water partition coefficient (Wildman–Crippen LogP) is 3.92. The van der Waals surface area contributed by atoms with Crippen LogP contribution >= 0.6 is 0 Å². The fourth-order valence-electron chi connectivity index (χ4n) is 3.64. The molecule has 0 N–H and O–H groups in total. The number of fused-ring (bicyclic) bond motifs is 1. The van der Waals surface area contributed by atoms with Gasteiger partial charge in [0.05, 0.1) is 5.69 Å². The molecule has 3 heterocycles. The standard InChI is InChI=1S/C20H30FN3O2/c1-14-13-24(19(25)26-20(2,3)4)10-7-15-5-6-17(22-18(14)15)23-11-8-16(21)9-12-23/h5-6,14,16H,7-13H2,1-4H3/t14-/m0/s1. The van der Waals surface area contributed by atoms with Crippen molar-refractivity contribution in [1.29, 1.82) is 0 Å². The fraction of sp³-hybridized carbons (Fsp3) is 0.700. The van der Waals surface area contributed by atoms with Crippen LogP contribution in [0.4, 0.5) is 15.0 Å². The third-order valence-corrected chi connectivity index (χ3v) is 5.01. The van der Waals surface area contributed by atoms with Crippen molar-refractivity contribution >= 4 is 11.9 Å². The molecule has 0 spiro atoms. The molecule has 0 aromatic carbocycles. The van der Waals surface area contributed by atoms with Crippen LogP contribution < -0.4 is 4.90 Å². The lowest BCUT2D eigenvalue weighted by Gasteiger charge is -2.30. The summed E-state index contributed by atoms with van der Waals surface area (Å²) in [5.74, 6) is 1.06. The number of carbonyl (C=O) groups excluding carboxylic acids is 1. The van der Waals surface area contributed by atoms with E-state index >= 15 is 0 Å². The Balaban J connectivity index is 1.74. The van der Waals surface area contributed by atoms with Crippen LogP contribution in [0.5, 0.6) is 0 Å². The Hall–Kier alpha value is -1.85. The van der Waals surface area contributed by atoms with Gasteiger partial charge in [0, 0.05) is 32.1 Å². The van der Waals surface area contributed by atoms with E-state index in [0.717, 1.165) is 17.9 Å². The molecule has 0 saturated carbocycles. The molecule has 6 heteroatoms. The molecule has 0 radical (unpaired) electrons. The highest BCUT2D eigenvalue weighted by Crippen LogP contribution is 2.28. The highest BCUT2D eigenvalue weighted by Gasteiger charge is 2.28. The number of halogens is 1. The Bertz CT molecular complexity index is 651. The minimum absolute atomic E-state index is 0.138. The molecule has 0 bridgehead atoms. The second kappa shape index (κ2) is 7.41. The Labute approximate surface area is 155 Å². The van der Waals surface area contributed by atoms with Crippen molar-refractivity contribution in [3.8, 4) is 0 Å². The highest BCUT2D eigenvalue weighted by molar-refractivity contribution is 5.68. The number of pyridine rings is 1. The highest BCUT2D eigenvalue weighted by atomic mass is 19.1. The van der Waals surface area contributed by atoms with Gasteiger partial charge in [-0.3, -0.25) is 0 Å². The van der Waals surface area contributed by atoms with Crippen LogP contribution in [0.3, 0.4) is 0 Å². The molecule has 5 nitrogen and oxygen atoms in total. The van der Waals surface area contributed by atoms with Crippen molar-refractivity contribution in [2.45, 2.75) is 64.6 Å². The Morgan fingerprint density at radius 1 is 1.23 bits per heavy atom. The first-order chi connectivity index (χ1) is 12.2. The minimum Gasteiger partial charge on any atom is -0.444 e. The van der Waals surface area contributed by atoms with E-state index in [1.165, 1.54) is 5.56 Å². The number of ether oxygens (including phenoxy) is 1. The number of nitrogens with zero attached hydrogens (tertiary/aromatic N) is 3. The summed E-state index contributed by atoms with van der Waals surface area (Å²) in [6.07, 6.45) is 0.969. The lowest BCUT2D eigenvalue weighted by Crippen LogP contribution is -2.38. The van der Waals surface area contributed by atoms with Gasteiger partial charge in [-0.1, -0.05) is 13.0 Å². The second-order valence-electron chi connectivity index (χ2n) is 8.45. The summed E-state index contributed by atoms with van der Waals surface area (Å²) in [5.41, 5.74) is 1.75. The van der Waals surface area contributed by atoms with E-state index in [4.69, 9.17) is 9.72 Å². The number of piperidine rings is 1. The third-order valence-electron chi connectivity index (χ3n) is 5.01. The smallest absolute Gasteiger partial charge is 0.410 e. The number of anilines is 1. The zero-order valence-corrected chi connectivity index (χ0v) is 16.3. The summed E-state index contributed by atoms with van der Waals surface area (Å²) in [4.78, 5) is 21.3. The molecule has 1 amide bonds. The van der Waals surface area contributed by atoms with E-state index in [1.807, 2.05) is 26.8 Å². The molecular weight excluding hydrogens is 333 g/mol. The SMILES string of the molecule is C[C@H]1CN(C(=O)OC(C)(C)C)CCc2ccc(N3CCC(F)CC3)nc21. The van der Waals surface area contributed by atoms with Gasteiger partial charge in [-0.2, -0.15) is 0 Å². The molecule has 1 aromatic heterocycles. The minimum atomic E-state index is -0.687. The Kier molecular flexibility index (Phi) is 5.39. The monoisotopic (exact) mass is 363 g/mol. The van der Waals surface area contributed by atoms with Gasteiger partial charge in [0.15, 0.2) is 0 Å². The summed E-state index contributed by atoms with van der Waals surface area (Å²) >= 11 is 0. The summed E-state index contributed by atoms with van der Waals surface area (Å²) in [6, 6.07) is 4.15. The molecule has 0 unspecified atom stereocenters. The number of alkyl halides is 1. The van der Waals surface area contributed by atoms with Crippen LogP contribution in [0, 0.1) is 0 Å². The van der Waals surface area contributed by atoms with Crippen LogP contribution in [-0.4, -0.2) is 53.9 Å². The van der Waals surface area contributed by atoms with Crippen molar-refractivity contribution in [3.63, 3.8) is 0 Å². The molecule has 144 valence electrons. The summed E-state index contributed by atoms with van der Waals surface area (Å²) < 4.78 is 18.9. The number of amides is 1. The van der Waals surface area contributed by atoms with E-state index in [2.05, 4.69) is 17.9 Å². The predicted molar refractivity (Wildman–Crippen MR) is 101 cm³/mol. The first kappa shape index (κ1) is 18.9. The number of hydrogen-bond acceptors (Lipinski definition) is 4. The topological polar surface area (TPSA) is 45.7 Å². The Morgan fingerprint density at radius 2 is 1.92 bits per heavy atom. The number of aromatic nitrogens is 1. The van der Waals surface area contributed by atoms with E-state index in [1.54, 1.807) is 4.90 Å². The molecule has 26 heavy (non-hydrogen) atoms. The lowest BCUT2D eigenvalue weighted by molar-refractivity contribution is 0.0248. The average Bonchev–Trinajstić information content (AvgIpc) is 2.73. The van der Waals surface area contributed by atoms with Crippen molar-refractivity contribution in [2.75, 3.05) is 31.1 Å². The molecule has 0 aliphatic carbocycles. The maximum absolute atomic E-state index is 13.4. The maximum atomic E-state index is 13.4. The van der Waals surface area contributed by atoms with Gasteiger partial charge < -0.3 is 14.5 Å². The van der Waals surface area contributed by atoms with Gasteiger partial charge in [-0.15, -0.1) is 0 Å². The van der Waals surface area contributed by atoms with Crippen LogP contribution in [0.25, 0.3) is 0 Å². The van der Waals surface area contributed by atoms with E-state index < -0.39 is 11.8 Å². The lowest BCUT2D eigenvalue weighted by atomic mass is 10.0. The van der Waals surface area contributed by atoms with Crippen LogP contribution in [0.2, 0.25) is 0 Å². The molecular formula is C20H30FN3O2. The van der Waals surface area contributed by atoms with Gasteiger partial charge >= 0.3 is 6.09 Å². The Morgan fingerprint density at radius 3 is 2.58 bits per heavy atom. The van der Waals surface area contributed by atoms with Gasteiger partial charge in [-0.05, 0) is 51.7 Å². The van der Waals surface area contributed by atoms with Crippen LogP contribution in [-0.2, 0) is 11.2 Å². The molecule has 1 saturated heterocycles.